The molecule has 2 aliphatic rings. The van der Waals surface area contributed by atoms with Crippen LogP contribution in [0.5, 0.6) is 5.75 Å². The van der Waals surface area contributed by atoms with Gasteiger partial charge < -0.3 is 9.64 Å². The van der Waals surface area contributed by atoms with Gasteiger partial charge in [0.25, 0.3) is 0 Å². The first-order chi connectivity index (χ1) is 13.3. The maximum absolute atomic E-state index is 13.1. The molecule has 3 rings (SSSR count). The van der Waals surface area contributed by atoms with Gasteiger partial charge in [-0.3, -0.25) is 14.4 Å². The lowest BCUT2D eigenvalue weighted by Gasteiger charge is -2.44. The van der Waals surface area contributed by atoms with E-state index in [0.29, 0.717) is 60.7 Å². The van der Waals surface area contributed by atoms with E-state index in [-0.39, 0.29) is 22.9 Å². The number of halogens is 1. The van der Waals surface area contributed by atoms with E-state index in [1.807, 2.05) is 0 Å². The molecule has 0 radical (unpaired) electrons. The third kappa shape index (κ3) is 3.79. The summed E-state index contributed by atoms with van der Waals surface area (Å²) in [6, 6.07) is 3.39. The number of carbonyl (C=O) groups is 3. The minimum atomic E-state index is -0.900. The zero-order chi connectivity index (χ0) is 20.5. The number of piperidine rings is 1. The van der Waals surface area contributed by atoms with E-state index in [1.165, 1.54) is 7.11 Å². The number of carbonyl (C=O) groups excluding carboxylic acids is 3. The Kier molecular flexibility index (Phi) is 5.81. The molecule has 0 unspecified atom stereocenters. The van der Waals surface area contributed by atoms with Crippen molar-refractivity contribution in [2.24, 2.45) is 5.41 Å². The lowest BCUT2D eigenvalue weighted by molar-refractivity contribution is -0.139. The number of hydrogen-bond donors (Lipinski definition) is 0. The van der Waals surface area contributed by atoms with Crippen molar-refractivity contribution in [3.05, 3.63) is 28.3 Å². The van der Waals surface area contributed by atoms with Crippen molar-refractivity contribution < 1.29 is 19.1 Å². The summed E-state index contributed by atoms with van der Waals surface area (Å²) in [4.78, 5) is 39.5. The van der Waals surface area contributed by atoms with Crippen molar-refractivity contribution in [2.45, 2.75) is 45.4 Å². The lowest BCUT2D eigenvalue weighted by atomic mass is 9.63. The fourth-order valence-electron chi connectivity index (χ4n) is 4.42. The van der Waals surface area contributed by atoms with Crippen LogP contribution < -0.4 is 4.74 Å². The van der Waals surface area contributed by atoms with Gasteiger partial charge in [0, 0.05) is 49.0 Å². The molecule has 0 atom stereocenters. The third-order valence-electron chi connectivity index (χ3n) is 5.88. The number of Topliss-reactive ketones (excluding diaryl/α,β-unsaturated/α-hetero) is 2. The number of nitrogens with zero attached hydrogens (tertiary/aromatic N) is 1. The zero-order valence-electron chi connectivity index (χ0n) is 16.4. The van der Waals surface area contributed by atoms with E-state index >= 15 is 0 Å². The second-order valence-electron chi connectivity index (χ2n) is 7.67. The number of likely N-dealkylation sites (tertiary alicyclic amines) is 1. The van der Waals surface area contributed by atoms with E-state index in [2.05, 4.69) is 11.8 Å². The van der Waals surface area contributed by atoms with Crippen LogP contribution in [0.15, 0.2) is 12.1 Å². The van der Waals surface area contributed by atoms with E-state index in [1.54, 1.807) is 30.9 Å². The largest absolute Gasteiger partial charge is 0.496 e. The maximum atomic E-state index is 13.1. The Morgan fingerprint density at radius 1 is 1.21 bits per heavy atom. The summed E-state index contributed by atoms with van der Waals surface area (Å²) in [5.74, 6) is 5.03. The molecule has 1 aliphatic carbocycles. The van der Waals surface area contributed by atoms with Crippen LogP contribution in [0.1, 0.15) is 56.6 Å². The number of methoxy groups -OCH3 is 1. The average molecular weight is 402 g/mol. The molecule has 1 amide bonds. The maximum Gasteiger partial charge on any atom is 0.219 e. The van der Waals surface area contributed by atoms with E-state index < -0.39 is 5.92 Å². The second kappa shape index (κ2) is 7.97. The highest BCUT2D eigenvalue weighted by molar-refractivity contribution is 6.32. The van der Waals surface area contributed by atoms with Gasteiger partial charge in [0.15, 0.2) is 0 Å². The van der Waals surface area contributed by atoms with Crippen LogP contribution >= 0.6 is 11.6 Å². The Morgan fingerprint density at radius 3 is 2.32 bits per heavy atom. The Hall–Kier alpha value is -2.32. The normalized spacial score (nSPS) is 19.4. The fraction of sp³-hybridized carbons (Fsp3) is 0.500. The van der Waals surface area contributed by atoms with Crippen LogP contribution in [0.3, 0.4) is 0 Å². The van der Waals surface area contributed by atoms with E-state index in [9.17, 15) is 14.4 Å². The van der Waals surface area contributed by atoms with Crippen LogP contribution in [0.2, 0.25) is 5.02 Å². The number of ketones is 2. The van der Waals surface area contributed by atoms with Crippen molar-refractivity contribution in [2.75, 3.05) is 20.2 Å². The molecule has 28 heavy (non-hydrogen) atoms. The van der Waals surface area contributed by atoms with Crippen LogP contribution in [0.4, 0.5) is 0 Å². The average Bonchev–Trinajstić information content (AvgIpc) is 2.63. The summed E-state index contributed by atoms with van der Waals surface area (Å²) in [5.41, 5.74) is 0.776. The fourth-order valence-corrected chi connectivity index (χ4v) is 4.73. The lowest BCUT2D eigenvalue weighted by Crippen LogP contribution is -2.47. The summed E-state index contributed by atoms with van der Waals surface area (Å²) < 4.78 is 5.44. The predicted octanol–water partition coefficient (Wildman–Crippen LogP) is 3.36. The molecule has 0 bridgehead atoms. The highest BCUT2D eigenvalue weighted by Crippen LogP contribution is 2.48. The molecule has 1 aromatic rings. The van der Waals surface area contributed by atoms with Crippen molar-refractivity contribution in [3.63, 3.8) is 0 Å². The van der Waals surface area contributed by atoms with Crippen LogP contribution in [-0.4, -0.2) is 42.6 Å². The molecule has 5 nitrogen and oxygen atoms in total. The molecular formula is C22H24ClNO4. The first-order valence-corrected chi connectivity index (χ1v) is 9.79. The number of amides is 1. The molecule has 1 saturated heterocycles. The topological polar surface area (TPSA) is 63.7 Å². The van der Waals surface area contributed by atoms with Crippen LogP contribution in [0, 0.1) is 17.3 Å². The smallest absolute Gasteiger partial charge is 0.219 e. The molecule has 1 spiro atoms. The highest BCUT2D eigenvalue weighted by atomic mass is 35.5. The summed E-state index contributed by atoms with van der Waals surface area (Å²) in [5, 5.41) is 0.325. The van der Waals surface area contributed by atoms with Gasteiger partial charge in [-0.2, -0.15) is 0 Å². The standard InChI is InChI=1S/C22H24ClNO4/c1-4-5-15-10-16(23)20(19(11-15)28-3)21-17(26)12-22(13-18(21)27)6-8-24(9-7-22)14(2)25/h10-11,21H,6-9,12-13H2,1-3H3. The van der Waals surface area contributed by atoms with Crippen molar-refractivity contribution in [3.8, 4) is 17.6 Å². The van der Waals surface area contributed by atoms with Gasteiger partial charge in [-0.25, -0.2) is 0 Å². The van der Waals surface area contributed by atoms with Crippen LogP contribution in [0.25, 0.3) is 0 Å². The predicted molar refractivity (Wildman–Crippen MR) is 106 cm³/mol. The van der Waals surface area contributed by atoms with Gasteiger partial charge in [0.1, 0.15) is 23.2 Å². The quantitative estimate of drug-likeness (QED) is 0.563. The first-order valence-electron chi connectivity index (χ1n) is 9.41. The molecule has 0 aromatic heterocycles. The molecule has 0 N–H and O–H groups in total. The highest BCUT2D eigenvalue weighted by Gasteiger charge is 2.48. The third-order valence-corrected chi connectivity index (χ3v) is 6.19. The van der Waals surface area contributed by atoms with Crippen molar-refractivity contribution in [1.82, 2.24) is 4.90 Å². The molecular weight excluding hydrogens is 378 g/mol. The molecule has 1 aromatic carbocycles. The molecule has 1 heterocycles. The van der Waals surface area contributed by atoms with Gasteiger partial charge in [0.05, 0.1) is 7.11 Å². The van der Waals surface area contributed by atoms with Gasteiger partial charge in [-0.05, 0) is 37.3 Å². The summed E-state index contributed by atoms with van der Waals surface area (Å²) >= 11 is 6.45. The Labute approximate surface area is 170 Å². The van der Waals surface area contributed by atoms with Gasteiger partial charge in [-0.15, -0.1) is 5.92 Å². The minimum Gasteiger partial charge on any atom is -0.496 e. The molecule has 148 valence electrons. The van der Waals surface area contributed by atoms with Gasteiger partial charge in [-0.1, -0.05) is 17.5 Å². The number of benzene rings is 1. The Bertz CT molecular complexity index is 868. The Balaban J connectivity index is 1.88. The SMILES string of the molecule is CC#Cc1cc(Cl)c(C2C(=O)CC3(CCN(C(C)=O)CC3)CC2=O)c(OC)c1. The number of ether oxygens (including phenoxy) is 1. The van der Waals surface area contributed by atoms with E-state index in [0.717, 1.165) is 0 Å². The Morgan fingerprint density at radius 2 is 1.82 bits per heavy atom. The summed E-state index contributed by atoms with van der Waals surface area (Å²) in [7, 11) is 1.50. The second-order valence-corrected chi connectivity index (χ2v) is 8.08. The number of rotatable bonds is 2. The van der Waals surface area contributed by atoms with Gasteiger partial charge in [0.2, 0.25) is 5.91 Å². The first kappa shape index (κ1) is 20.4. The van der Waals surface area contributed by atoms with Gasteiger partial charge >= 0.3 is 0 Å². The summed E-state index contributed by atoms with van der Waals surface area (Å²) in [6.45, 7) is 4.45. The van der Waals surface area contributed by atoms with Crippen molar-refractivity contribution in [1.29, 1.82) is 0 Å². The molecule has 1 saturated carbocycles. The minimum absolute atomic E-state index is 0.0352. The molecule has 6 heteroatoms. The monoisotopic (exact) mass is 401 g/mol. The van der Waals surface area contributed by atoms with Crippen LogP contribution in [-0.2, 0) is 14.4 Å². The van der Waals surface area contributed by atoms with Crippen molar-refractivity contribution >= 4 is 29.1 Å². The zero-order valence-corrected chi connectivity index (χ0v) is 17.2. The number of hydrogen-bond acceptors (Lipinski definition) is 4. The summed E-state index contributed by atoms with van der Waals surface area (Å²) in [6.07, 6.45) is 2.00. The molecule has 1 aliphatic heterocycles. The molecule has 2 fully saturated rings. The van der Waals surface area contributed by atoms with E-state index in [4.69, 9.17) is 16.3 Å².